The van der Waals surface area contributed by atoms with Crippen molar-refractivity contribution in [2.24, 2.45) is 0 Å². The fraction of sp³-hybridized carbons (Fsp3) is 0.517. The minimum atomic E-state index is -4.85. The molecule has 4 saturated heterocycles. The predicted octanol–water partition coefficient (Wildman–Crippen LogP) is 5.59. The molecule has 4 aliphatic rings. The molecule has 0 saturated carbocycles. The Labute approximate surface area is 244 Å². The van der Waals surface area contributed by atoms with Gasteiger partial charge in [-0.3, -0.25) is 4.90 Å². The Morgan fingerprint density at radius 1 is 1.10 bits per heavy atom. The first-order valence-corrected chi connectivity index (χ1v) is 14.6. The average Bonchev–Trinajstić information content (AvgIpc) is 3.56. The largest absolute Gasteiger partial charge is 0.461 e. The number of alkyl halides is 4. The molecular weight excluding hydrogens is 579 g/mol. The molecule has 5 heterocycles. The van der Waals surface area contributed by atoms with E-state index in [0.29, 0.717) is 37.3 Å². The van der Waals surface area contributed by atoms with E-state index < -0.39 is 39.9 Å². The van der Waals surface area contributed by atoms with E-state index in [1.165, 1.54) is 12.1 Å². The molecule has 0 spiro atoms. The van der Waals surface area contributed by atoms with Crippen LogP contribution in [0, 0.1) is 5.82 Å². The lowest BCUT2D eigenvalue weighted by Gasteiger charge is -2.34. The number of piperazine rings is 1. The van der Waals surface area contributed by atoms with Gasteiger partial charge in [-0.1, -0.05) is 17.7 Å². The van der Waals surface area contributed by atoms with Crippen molar-refractivity contribution in [3.8, 4) is 17.1 Å². The number of rotatable bonds is 5. The summed E-state index contributed by atoms with van der Waals surface area (Å²) in [7, 11) is 0. The number of halogens is 6. The quantitative estimate of drug-likeness (QED) is 0.289. The highest BCUT2D eigenvalue weighted by atomic mass is 35.5. The van der Waals surface area contributed by atoms with Gasteiger partial charge in [0.05, 0.1) is 16.1 Å². The van der Waals surface area contributed by atoms with Gasteiger partial charge >= 0.3 is 12.2 Å². The first-order chi connectivity index (χ1) is 20.0. The van der Waals surface area contributed by atoms with Gasteiger partial charge in [0.1, 0.15) is 24.1 Å². The number of anilines is 2. The highest BCUT2D eigenvalue weighted by Gasteiger charge is 2.49. The van der Waals surface area contributed by atoms with Crippen LogP contribution in [0.25, 0.3) is 22.0 Å². The first-order valence-electron chi connectivity index (χ1n) is 14.2. The Bertz CT molecular complexity index is 1540. The Morgan fingerprint density at radius 3 is 2.60 bits per heavy atom. The van der Waals surface area contributed by atoms with Crippen LogP contribution in [0.5, 0.6) is 6.01 Å². The summed E-state index contributed by atoms with van der Waals surface area (Å²) in [6.07, 6.45) is -1.77. The maximum Gasteiger partial charge on any atom is 0.418 e. The summed E-state index contributed by atoms with van der Waals surface area (Å²) < 4.78 is 79.1. The third-order valence-corrected chi connectivity index (χ3v) is 9.50. The number of hydrogen-bond acceptors (Lipinski definition) is 7. The zero-order valence-electron chi connectivity index (χ0n) is 22.7. The Balaban J connectivity index is 1.35. The van der Waals surface area contributed by atoms with Crippen molar-refractivity contribution in [3.63, 3.8) is 0 Å². The van der Waals surface area contributed by atoms with Crippen LogP contribution in [0.2, 0.25) is 5.02 Å². The van der Waals surface area contributed by atoms with Crippen molar-refractivity contribution >= 4 is 34.0 Å². The molecule has 1 aromatic heterocycles. The smallest absolute Gasteiger partial charge is 0.418 e. The fourth-order valence-corrected chi connectivity index (χ4v) is 7.72. The molecule has 7 nitrogen and oxygen atoms in total. The summed E-state index contributed by atoms with van der Waals surface area (Å²) in [5, 5.41) is 3.29. The average molecular weight is 609 g/mol. The standard InChI is InChI=1S/C29H30ClF5N6O/c30-22-9-16(36)8-21(23(22)29(33,34)35)19-4-5-20-25(24(19)32)38-27(39-26(20)40-12-17-2-3-18(13-40)37-17)42-14-28-6-1-7-41(28)11-15(31)10-28/h4-5,8-9,15,17-18,37H,1-3,6-7,10-14,36H2/t15-,17-,18+,28+/m1/s1. The minimum absolute atomic E-state index is 0.0331. The number of benzene rings is 2. The maximum atomic E-state index is 16.4. The van der Waals surface area contributed by atoms with Gasteiger partial charge < -0.3 is 20.7 Å². The van der Waals surface area contributed by atoms with E-state index in [1.807, 2.05) is 0 Å². The number of nitrogens with one attached hydrogen (secondary N) is 1. The lowest BCUT2D eigenvalue weighted by molar-refractivity contribution is -0.137. The van der Waals surface area contributed by atoms with Crippen molar-refractivity contribution in [1.29, 1.82) is 0 Å². The summed E-state index contributed by atoms with van der Waals surface area (Å²) in [5.41, 5.74) is 3.17. The van der Waals surface area contributed by atoms with E-state index >= 15 is 4.39 Å². The van der Waals surface area contributed by atoms with E-state index in [4.69, 9.17) is 27.1 Å². The van der Waals surface area contributed by atoms with Gasteiger partial charge in [-0.15, -0.1) is 0 Å². The molecule has 2 aromatic carbocycles. The number of hydrogen-bond donors (Lipinski definition) is 2. The highest BCUT2D eigenvalue weighted by molar-refractivity contribution is 6.32. The van der Waals surface area contributed by atoms with Gasteiger partial charge in [-0.25, -0.2) is 8.78 Å². The van der Waals surface area contributed by atoms with Crippen LogP contribution in [-0.2, 0) is 6.18 Å². The van der Waals surface area contributed by atoms with E-state index in [0.717, 1.165) is 44.4 Å². The van der Waals surface area contributed by atoms with Gasteiger partial charge in [0.2, 0.25) is 0 Å². The normalized spacial score (nSPS) is 27.7. The number of nitrogen functional groups attached to an aromatic ring is 1. The number of ether oxygens (including phenoxy) is 1. The zero-order valence-corrected chi connectivity index (χ0v) is 23.4. The van der Waals surface area contributed by atoms with Crippen LogP contribution in [0.1, 0.15) is 37.7 Å². The summed E-state index contributed by atoms with van der Waals surface area (Å²) in [6, 6.07) is 5.29. The molecule has 4 atom stereocenters. The lowest BCUT2D eigenvalue weighted by atomic mass is 9.95. The Morgan fingerprint density at radius 2 is 1.86 bits per heavy atom. The van der Waals surface area contributed by atoms with Gasteiger partial charge in [-0.2, -0.15) is 23.1 Å². The second-order valence-electron chi connectivity index (χ2n) is 12.0. The minimum Gasteiger partial charge on any atom is -0.461 e. The Hall–Kier alpha value is -2.96. The van der Waals surface area contributed by atoms with Gasteiger partial charge in [0.25, 0.3) is 0 Å². The summed E-state index contributed by atoms with van der Waals surface area (Å²) in [6.45, 7) is 2.53. The van der Waals surface area contributed by atoms with Crippen LogP contribution in [0.4, 0.5) is 33.5 Å². The van der Waals surface area contributed by atoms with Crippen LogP contribution in [0.3, 0.4) is 0 Å². The monoisotopic (exact) mass is 608 g/mol. The molecule has 3 N–H and O–H groups in total. The van der Waals surface area contributed by atoms with Crippen LogP contribution in [-0.4, -0.2) is 71.4 Å². The van der Waals surface area contributed by atoms with E-state index in [9.17, 15) is 17.6 Å². The highest BCUT2D eigenvalue weighted by Crippen LogP contribution is 2.45. The molecule has 13 heteroatoms. The molecular formula is C29H30ClF5N6O. The molecule has 0 aliphatic carbocycles. The molecule has 0 radical (unpaired) electrons. The SMILES string of the molecule is Nc1cc(Cl)c(C(F)(F)F)c(-c2ccc3c(N4C[C@H]5CC[C@@H](C4)N5)nc(OC[C@@]45CCCN4C[C@H](F)C5)nc3c2F)c1. The third-order valence-electron chi connectivity index (χ3n) is 9.20. The molecule has 224 valence electrons. The van der Waals surface area contributed by atoms with Crippen LogP contribution < -0.4 is 20.7 Å². The number of aromatic nitrogens is 2. The molecule has 3 aromatic rings. The topological polar surface area (TPSA) is 79.5 Å². The van der Waals surface area contributed by atoms with E-state index in [1.54, 1.807) is 0 Å². The van der Waals surface area contributed by atoms with Crippen LogP contribution in [0.15, 0.2) is 24.3 Å². The number of nitrogens with two attached hydrogens (primary N) is 1. The van der Waals surface area contributed by atoms with Crippen LogP contribution >= 0.6 is 11.6 Å². The molecule has 7 rings (SSSR count). The van der Waals surface area contributed by atoms with Gasteiger partial charge in [0.15, 0.2) is 5.82 Å². The van der Waals surface area contributed by atoms with Crippen molar-refractivity contribution in [2.45, 2.75) is 62.1 Å². The van der Waals surface area contributed by atoms with Gasteiger partial charge in [0, 0.05) is 60.3 Å². The van der Waals surface area contributed by atoms with Crippen molar-refractivity contribution in [3.05, 3.63) is 40.7 Å². The third kappa shape index (κ3) is 4.71. The lowest BCUT2D eigenvalue weighted by Crippen LogP contribution is -2.51. The number of nitrogens with zero attached hydrogens (tertiary/aromatic N) is 4. The van der Waals surface area contributed by atoms with E-state index in [2.05, 4.69) is 20.1 Å². The first kappa shape index (κ1) is 27.8. The zero-order chi connectivity index (χ0) is 29.4. The summed E-state index contributed by atoms with van der Waals surface area (Å²) in [4.78, 5) is 13.2. The number of fused-ring (bicyclic) bond motifs is 4. The molecule has 2 bridgehead atoms. The van der Waals surface area contributed by atoms with Crippen molar-refractivity contribution in [2.75, 3.05) is 43.4 Å². The Kier molecular flexibility index (Phi) is 6.67. The molecule has 42 heavy (non-hydrogen) atoms. The predicted molar refractivity (Wildman–Crippen MR) is 150 cm³/mol. The van der Waals surface area contributed by atoms with Gasteiger partial charge in [-0.05, 0) is 50.4 Å². The molecule has 0 amide bonds. The van der Waals surface area contributed by atoms with Crippen molar-refractivity contribution in [1.82, 2.24) is 20.2 Å². The summed E-state index contributed by atoms with van der Waals surface area (Å²) in [5.74, 6) is -0.507. The second kappa shape index (κ2) is 10.1. The summed E-state index contributed by atoms with van der Waals surface area (Å²) >= 11 is 5.97. The molecule has 4 aliphatic heterocycles. The van der Waals surface area contributed by atoms with Crippen molar-refractivity contribution < 1.29 is 26.7 Å². The second-order valence-corrected chi connectivity index (χ2v) is 12.4. The maximum absolute atomic E-state index is 16.4. The fourth-order valence-electron chi connectivity index (χ4n) is 7.39. The van der Waals surface area contributed by atoms with E-state index in [-0.39, 0.29) is 41.5 Å². The molecule has 0 unspecified atom stereocenters. The molecule has 4 fully saturated rings.